The van der Waals surface area contributed by atoms with E-state index in [0.717, 1.165) is 25.7 Å². The molecule has 3 heteroatoms. The molecule has 0 heterocycles. The summed E-state index contributed by atoms with van der Waals surface area (Å²) in [7, 11) is 0. The standard InChI is InChI=1S/C13H15F3/c14-13(15,16)12-9-3-1-7(5-9)11(12)8-2-4-10(12)6-8/h1,3,7-11H,2,4-6H2. The van der Waals surface area contributed by atoms with Crippen molar-refractivity contribution in [2.75, 3.05) is 0 Å². The predicted molar refractivity (Wildman–Crippen MR) is 53.5 cm³/mol. The fourth-order valence-electron chi connectivity index (χ4n) is 5.67. The van der Waals surface area contributed by atoms with Gasteiger partial charge in [0.15, 0.2) is 0 Å². The van der Waals surface area contributed by atoms with Crippen molar-refractivity contribution in [3.8, 4) is 0 Å². The topological polar surface area (TPSA) is 0 Å². The highest BCUT2D eigenvalue weighted by Gasteiger charge is 2.77. The molecule has 4 rings (SSSR count). The molecule has 16 heavy (non-hydrogen) atoms. The van der Waals surface area contributed by atoms with E-state index in [-0.39, 0.29) is 23.7 Å². The summed E-state index contributed by atoms with van der Waals surface area (Å²) in [5.41, 5.74) is -1.31. The number of alkyl halides is 3. The van der Waals surface area contributed by atoms with Crippen LogP contribution in [0.4, 0.5) is 13.2 Å². The molecule has 4 bridgehead atoms. The van der Waals surface area contributed by atoms with Crippen LogP contribution in [0.15, 0.2) is 12.2 Å². The van der Waals surface area contributed by atoms with Gasteiger partial charge in [-0.25, -0.2) is 0 Å². The minimum atomic E-state index is -3.98. The third-order valence-corrected chi connectivity index (χ3v) is 5.89. The second-order valence-electron chi connectivity index (χ2n) is 6.12. The van der Waals surface area contributed by atoms with Gasteiger partial charge in [-0.1, -0.05) is 12.2 Å². The lowest BCUT2D eigenvalue weighted by atomic mass is 9.60. The van der Waals surface area contributed by atoms with E-state index in [1.165, 1.54) is 0 Å². The van der Waals surface area contributed by atoms with Gasteiger partial charge in [-0.15, -0.1) is 0 Å². The van der Waals surface area contributed by atoms with Crippen LogP contribution in [-0.4, -0.2) is 6.18 Å². The van der Waals surface area contributed by atoms with E-state index in [2.05, 4.69) is 6.08 Å². The van der Waals surface area contributed by atoms with Crippen LogP contribution < -0.4 is 0 Å². The Morgan fingerprint density at radius 3 is 2.56 bits per heavy atom. The van der Waals surface area contributed by atoms with E-state index in [1.807, 2.05) is 6.08 Å². The summed E-state index contributed by atoms with van der Waals surface area (Å²) in [6, 6.07) is 0. The zero-order chi connectivity index (χ0) is 11.1. The molecule has 0 aliphatic heterocycles. The van der Waals surface area contributed by atoms with Crippen LogP contribution in [0.3, 0.4) is 0 Å². The highest BCUT2D eigenvalue weighted by molar-refractivity contribution is 5.27. The van der Waals surface area contributed by atoms with Crippen molar-refractivity contribution in [2.24, 2.45) is 35.0 Å². The Morgan fingerprint density at radius 1 is 1.06 bits per heavy atom. The summed E-state index contributed by atoms with van der Waals surface area (Å²) in [6.45, 7) is 0. The zero-order valence-corrected chi connectivity index (χ0v) is 9.00. The number of hydrogen-bond acceptors (Lipinski definition) is 0. The van der Waals surface area contributed by atoms with Gasteiger partial charge >= 0.3 is 6.18 Å². The molecule has 0 N–H and O–H groups in total. The van der Waals surface area contributed by atoms with Gasteiger partial charge in [0.25, 0.3) is 0 Å². The molecular weight excluding hydrogens is 213 g/mol. The van der Waals surface area contributed by atoms with Crippen molar-refractivity contribution in [1.82, 2.24) is 0 Å². The van der Waals surface area contributed by atoms with Crippen molar-refractivity contribution in [1.29, 1.82) is 0 Å². The Balaban J connectivity index is 1.91. The fraction of sp³-hybridized carbons (Fsp3) is 0.846. The predicted octanol–water partition coefficient (Wildman–Crippen LogP) is 3.79. The third kappa shape index (κ3) is 0.770. The molecular formula is C13H15F3. The van der Waals surface area contributed by atoms with Gasteiger partial charge in [-0.05, 0) is 55.3 Å². The van der Waals surface area contributed by atoms with E-state index in [0.29, 0.717) is 5.92 Å². The Bertz CT molecular complexity index is 370. The van der Waals surface area contributed by atoms with Gasteiger partial charge in [-0.3, -0.25) is 0 Å². The number of allylic oxidation sites excluding steroid dienone is 2. The van der Waals surface area contributed by atoms with E-state index in [1.54, 1.807) is 0 Å². The van der Waals surface area contributed by atoms with Gasteiger partial charge < -0.3 is 0 Å². The average Bonchev–Trinajstić information content (AvgIpc) is 2.94. The van der Waals surface area contributed by atoms with Crippen LogP contribution in [0.5, 0.6) is 0 Å². The average molecular weight is 228 g/mol. The van der Waals surface area contributed by atoms with Gasteiger partial charge in [-0.2, -0.15) is 13.2 Å². The lowest BCUT2D eigenvalue weighted by molar-refractivity contribution is -0.265. The van der Waals surface area contributed by atoms with Crippen molar-refractivity contribution >= 4 is 0 Å². The largest absolute Gasteiger partial charge is 0.395 e. The van der Waals surface area contributed by atoms with E-state index in [9.17, 15) is 13.2 Å². The third-order valence-electron chi connectivity index (χ3n) is 5.89. The number of fused-ring (bicyclic) bond motifs is 9. The van der Waals surface area contributed by atoms with E-state index >= 15 is 0 Å². The fourth-order valence-corrected chi connectivity index (χ4v) is 5.67. The van der Waals surface area contributed by atoms with E-state index < -0.39 is 11.6 Å². The number of hydrogen-bond donors (Lipinski definition) is 0. The van der Waals surface area contributed by atoms with Crippen LogP contribution in [0.2, 0.25) is 0 Å². The SMILES string of the molecule is FC(F)(F)C12C3C=CC(C3)C1C1CCC2C1. The van der Waals surface area contributed by atoms with Crippen molar-refractivity contribution in [3.05, 3.63) is 12.2 Å². The van der Waals surface area contributed by atoms with Crippen molar-refractivity contribution < 1.29 is 13.2 Å². The Hall–Kier alpha value is -0.470. The van der Waals surface area contributed by atoms with Gasteiger partial charge in [0.05, 0.1) is 5.41 Å². The minimum absolute atomic E-state index is 0.0672. The minimum Gasteiger partial charge on any atom is -0.170 e. The summed E-state index contributed by atoms with van der Waals surface area (Å²) in [5, 5.41) is 0. The highest BCUT2D eigenvalue weighted by atomic mass is 19.4. The van der Waals surface area contributed by atoms with Crippen LogP contribution in [-0.2, 0) is 0 Å². The maximum absolute atomic E-state index is 13.6. The first kappa shape index (κ1) is 9.55. The van der Waals surface area contributed by atoms with Crippen molar-refractivity contribution in [2.45, 2.75) is 31.9 Å². The van der Waals surface area contributed by atoms with Crippen LogP contribution in [0.25, 0.3) is 0 Å². The smallest absolute Gasteiger partial charge is 0.170 e. The molecule has 0 amide bonds. The molecule has 88 valence electrons. The molecule has 3 saturated carbocycles. The summed E-state index contributed by atoms with van der Waals surface area (Å²) in [4.78, 5) is 0. The first-order chi connectivity index (χ1) is 7.55. The molecule has 3 fully saturated rings. The molecule has 4 aliphatic rings. The molecule has 0 saturated heterocycles. The van der Waals surface area contributed by atoms with Gasteiger partial charge in [0.2, 0.25) is 0 Å². The first-order valence-corrected chi connectivity index (χ1v) is 6.30. The van der Waals surface area contributed by atoms with Crippen LogP contribution in [0, 0.1) is 35.0 Å². The van der Waals surface area contributed by atoms with E-state index in [4.69, 9.17) is 0 Å². The zero-order valence-electron chi connectivity index (χ0n) is 9.00. The molecule has 6 atom stereocenters. The second-order valence-corrected chi connectivity index (χ2v) is 6.12. The van der Waals surface area contributed by atoms with Crippen molar-refractivity contribution in [3.63, 3.8) is 0 Å². The molecule has 0 aromatic carbocycles. The molecule has 0 spiro atoms. The first-order valence-electron chi connectivity index (χ1n) is 6.30. The number of rotatable bonds is 0. The Kier molecular flexibility index (Phi) is 1.50. The Morgan fingerprint density at radius 2 is 1.88 bits per heavy atom. The Labute approximate surface area is 92.9 Å². The number of halogens is 3. The molecule has 0 aromatic heterocycles. The molecule has 4 aliphatic carbocycles. The monoisotopic (exact) mass is 228 g/mol. The summed E-state index contributed by atoms with van der Waals surface area (Å²) >= 11 is 0. The van der Waals surface area contributed by atoms with Crippen LogP contribution >= 0.6 is 0 Å². The summed E-state index contributed by atoms with van der Waals surface area (Å²) in [6.07, 6.45) is 3.44. The second kappa shape index (κ2) is 2.51. The summed E-state index contributed by atoms with van der Waals surface area (Å²) in [5.74, 6) is 0.273. The maximum Gasteiger partial charge on any atom is 0.395 e. The molecule has 0 nitrogen and oxygen atoms in total. The van der Waals surface area contributed by atoms with Gasteiger partial charge in [0, 0.05) is 0 Å². The molecule has 0 radical (unpaired) electrons. The molecule has 0 aromatic rings. The maximum atomic E-state index is 13.6. The van der Waals surface area contributed by atoms with Gasteiger partial charge in [0.1, 0.15) is 0 Å². The lowest BCUT2D eigenvalue weighted by Crippen LogP contribution is -2.51. The lowest BCUT2D eigenvalue weighted by Gasteiger charge is -2.46. The molecule has 6 unspecified atom stereocenters. The van der Waals surface area contributed by atoms with Crippen LogP contribution in [0.1, 0.15) is 25.7 Å². The quantitative estimate of drug-likeness (QED) is 0.437. The summed E-state index contributed by atoms with van der Waals surface area (Å²) < 4.78 is 40.8. The normalized spacial score (nSPS) is 57.3. The highest BCUT2D eigenvalue weighted by Crippen LogP contribution is 2.76.